The molecule has 0 fully saturated rings. The number of carboxylic acid groups (broad SMARTS) is 1. The maximum Gasteiger partial charge on any atom is 0.335 e. The van der Waals surface area contributed by atoms with Crippen LogP contribution in [-0.4, -0.2) is 43.2 Å². The number of nitrogens with one attached hydrogen (secondary N) is 1. The first-order chi connectivity index (χ1) is 8.50. The van der Waals surface area contributed by atoms with Crippen LogP contribution >= 0.6 is 0 Å². The second kappa shape index (κ2) is 7.01. The summed E-state index contributed by atoms with van der Waals surface area (Å²) in [4.78, 5) is 13.0. The number of aromatic carboxylic acids is 1. The van der Waals surface area contributed by atoms with E-state index in [4.69, 9.17) is 5.11 Å². The summed E-state index contributed by atoms with van der Waals surface area (Å²) in [5.41, 5.74) is 2.15. The highest BCUT2D eigenvalue weighted by Crippen LogP contribution is 2.15. The van der Waals surface area contributed by atoms with Gasteiger partial charge < -0.3 is 15.3 Å². The van der Waals surface area contributed by atoms with Crippen molar-refractivity contribution in [3.05, 3.63) is 29.3 Å². The van der Waals surface area contributed by atoms with E-state index < -0.39 is 5.97 Å². The van der Waals surface area contributed by atoms with E-state index in [9.17, 15) is 4.79 Å². The molecule has 0 aliphatic carbocycles. The van der Waals surface area contributed by atoms with Gasteiger partial charge in [-0.15, -0.1) is 0 Å². The Kier molecular flexibility index (Phi) is 5.65. The summed E-state index contributed by atoms with van der Waals surface area (Å²) in [6, 6.07) is 5.36. The highest BCUT2D eigenvalue weighted by Gasteiger charge is 2.06. The molecule has 2 N–H and O–H groups in total. The molecule has 1 rings (SSSR count). The van der Waals surface area contributed by atoms with Crippen molar-refractivity contribution in [1.29, 1.82) is 0 Å². The highest BCUT2D eigenvalue weighted by atomic mass is 16.4. The molecule has 1 aromatic carbocycles. The largest absolute Gasteiger partial charge is 0.478 e. The van der Waals surface area contributed by atoms with Crippen LogP contribution in [0.3, 0.4) is 0 Å². The number of carbonyl (C=O) groups is 1. The fourth-order valence-corrected chi connectivity index (χ4v) is 1.80. The molecule has 0 radical (unpaired) electrons. The SMILES string of the molecule is Cc1cc(NCCCCN(C)C)ccc1C(=O)O. The summed E-state index contributed by atoms with van der Waals surface area (Å²) in [5, 5.41) is 12.2. The van der Waals surface area contributed by atoms with Crippen LogP contribution in [0.25, 0.3) is 0 Å². The van der Waals surface area contributed by atoms with Crippen molar-refractivity contribution in [2.45, 2.75) is 19.8 Å². The van der Waals surface area contributed by atoms with Gasteiger partial charge in [-0.3, -0.25) is 0 Å². The molecule has 0 spiro atoms. The zero-order chi connectivity index (χ0) is 13.5. The first-order valence-electron chi connectivity index (χ1n) is 6.23. The number of unbranched alkanes of at least 4 members (excludes halogenated alkanes) is 1. The minimum atomic E-state index is -0.870. The van der Waals surface area contributed by atoms with Gasteiger partial charge in [0.25, 0.3) is 0 Å². The zero-order valence-corrected chi connectivity index (χ0v) is 11.4. The predicted octanol–water partition coefficient (Wildman–Crippen LogP) is 2.45. The quantitative estimate of drug-likeness (QED) is 0.730. The first kappa shape index (κ1) is 14.5. The number of carboxylic acids is 1. The van der Waals surface area contributed by atoms with Crippen LogP contribution < -0.4 is 5.32 Å². The second-order valence-electron chi connectivity index (χ2n) is 4.77. The Morgan fingerprint density at radius 1 is 1.33 bits per heavy atom. The molecule has 0 saturated heterocycles. The van der Waals surface area contributed by atoms with E-state index in [1.807, 2.05) is 19.1 Å². The van der Waals surface area contributed by atoms with Crippen LogP contribution in [0.4, 0.5) is 5.69 Å². The molecule has 18 heavy (non-hydrogen) atoms. The summed E-state index contributed by atoms with van der Waals surface area (Å²) >= 11 is 0. The lowest BCUT2D eigenvalue weighted by molar-refractivity contribution is 0.0696. The summed E-state index contributed by atoms with van der Waals surface area (Å²) in [5.74, 6) is -0.870. The maximum absolute atomic E-state index is 10.9. The number of anilines is 1. The van der Waals surface area contributed by atoms with E-state index in [-0.39, 0.29) is 0 Å². The molecule has 0 aliphatic rings. The number of benzene rings is 1. The molecule has 4 nitrogen and oxygen atoms in total. The third-order valence-electron chi connectivity index (χ3n) is 2.82. The molecule has 100 valence electrons. The van der Waals surface area contributed by atoms with Crippen LogP contribution in [0, 0.1) is 6.92 Å². The number of hydrogen-bond acceptors (Lipinski definition) is 3. The number of rotatable bonds is 7. The average molecular weight is 250 g/mol. The molecule has 0 unspecified atom stereocenters. The average Bonchev–Trinajstić information content (AvgIpc) is 2.27. The van der Waals surface area contributed by atoms with Crippen molar-refractivity contribution < 1.29 is 9.90 Å². The Balaban J connectivity index is 2.39. The Bertz CT molecular complexity index is 403. The van der Waals surface area contributed by atoms with Gasteiger partial charge in [0.05, 0.1) is 5.56 Å². The molecule has 0 aliphatic heterocycles. The monoisotopic (exact) mass is 250 g/mol. The van der Waals surface area contributed by atoms with Crippen molar-refractivity contribution in [1.82, 2.24) is 4.90 Å². The van der Waals surface area contributed by atoms with Crippen molar-refractivity contribution in [2.24, 2.45) is 0 Å². The molecular weight excluding hydrogens is 228 g/mol. The predicted molar refractivity (Wildman–Crippen MR) is 74.4 cm³/mol. The third-order valence-corrected chi connectivity index (χ3v) is 2.82. The molecule has 4 heteroatoms. The van der Waals surface area contributed by atoms with E-state index in [1.165, 1.54) is 0 Å². The van der Waals surface area contributed by atoms with Gasteiger partial charge >= 0.3 is 5.97 Å². The van der Waals surface area contributed by atoms with Crippen LogP contribution in [-0.2, 0) is 0 Å². The lowest BCUT2D eigenvalue weighted by Crippen LogP contribution is -2.14. The lowest BCUT2D eigenvalue weighted by atomic mass is 10.1. The van der Waals surface area contributed by atoms with Crippen LogP contribution in [0.15, 0.2) is 18.2 Å². The topological polar surface area (TPSA) is 52.6 Å². The molecule has 0 atom stereocenters. The molecule has 0 saturated carbocycles. The highest BCUT2D eigenvalue weighted by molar-refractivity contribution is 5.89. The second-order valence-corrected chi connectivity index (χ2v) is 4.77. The van der Waals surface area contributed by atoms with E-state index in [1.54, 1.807) is 6.07 Å². The Hall–Kier alpha value is -1.55. The van der Waals surface area contributed by atoms with Gasteiger partial charge in [0.15, 0.2) is 0 Å². The Morgan fingerprint density at radius 2 is 2.06 bits per heavy atom. The van der Waals surface area contributed by atoms with Crippen molar-refractivity contribution in [2.75, 3.05) is 32.5 Å². The van der Waals surface area contributed by atoms with Crippen molar-refractivity contribution in [3.63, 3.8) is 0 Å². The third kappa shape index (κ3) is 4.75. The lowest BCUT2D eigenvalue weighted by Gasteiger charge is -2.11. The van der Waals surface area contributed by atoms with Crippen LogP contribution in [0.1, 0.15) is 28.8 Å². The van der Waals surface area contributed by atoms with Gasteiger partial charge in [0.1, 0.15) is 0 Å². The minimum absolute atomic E-state index is 0.369. The summed E-state index contributed by atoms with van der Waals surface area (Å²) in [6.45, 7) is 3.83. The minimum Gasteiger partial charge on any atom is -0.478 e. The van der Waals surface area contributed by atoms with Crippen molar-refractivity contribution >= 4 is 11.7 Å². The molecule has 0 bridgehead atoms. The number of nitrogens with zero attached hydrogens (tertiary/aromatic N) is 1. The Morgan fingerprint density at radius 3 is 2.61 bits per heavy atom. The van der Waals surface area contributed by atoms with Gasteiger partial charge in [-0.2, -0.15) is 0 Å². The van der Waals surface area contributed by atoms with Gasteiger partial charge in [0, 0.05) is 12.2 Å². The van der Waals surface area contributed by atoms with Gasteiger partial charge in [-0.1, -0.05) is 0 Å². The molecule has 0 heterocycles. The standard InChI is InChI=1S/C14H22N2O2/c1-11-10-12(6-7-13(11)14(17)18)15-8-4-5-9-16(2)3/h6-7,10,15H,4-5,8-9H2,1-3H3,(H,17,18). The fourth-order valence-electron chi connectivity index (χ4n) is 1.80. The maximum atomic E-state index is 10.9. The van der Waals surface area contributed by atoms with Gasteiger partial charge in [0.2, 0.25) is 0 Å². The van der Waals surface area contributed by atoms with Crippen molar-refractivity contribution in [3.8, 4) is 0 Å². The van der Waals surface area contributed by atoms with Crippen LogP contribution in [0.2, 0.25) is 0 Å². The Labute approximate surface area is 109 Å². The number of hydrogen-bond donors (Lipinski definition) is 2. The smallest absolute Gasteiger partial charge is 0.335 e. The van der Waals surface area contributed by atoms with Crippen LogP contribution in [0.5, 0.6) is 0 Å². The summed E-state index contributed by atoms with van der Waals surface area (Å²) < 4.78 is 0. The fraction of sp³-hybridized carbons (Fsp3) is 0.500. The molecule has 0 amide bonds. The van der Waals surface area contributed by atoms with E-state index in [2.05, 4.69) is 24.3 Å². The molecule has 1 aromatic rings. The van der Waals surface area contributed by atoms with E-state index in [0.717, 1.165) is 37.2 Å². The van der Waals surface area contributed by atoms with Gasteiger partial charge in [-0.05, 0) is 64.2 Å². The summed E-state index contributed by atoms with van der Waals surface area (Å²) in [7, 11) is 4.14. The normalized spacial score (nSPS) is 10.7. The first-order valence-corrected chi connectivity index (χ1v) is 6.23. The number of aryl methyl sites for hydroxylation is 1. The van der Waals surface area contributed by atoms with E-state index in [0.29, 0.717) is 5.56 Å². The van der Waals surface area contributed by atoms with Gasteiger partial charge in [-0.25, -0.2) is 4.79 Å². The summed E-state index contributed by atoms with van der Waals surface area (Å²) in [6.07, 6.45) is 2.27. The molecular formula is C14H22N2O2. The molecule has 0 aromatic heterocycles. The van der Waals surface area contributed by atoms with E-state index >= 15 is 0 Å². The zero-order valence-electron chi connectivity index (χ0n) is 11.4.